The van der Waals surface area contributed by atoms with Crippen LogP contribution in [0, 0.1) is 0 Å². The summed E-state index contributed by atoms with van der Waals surface area (Å²) in [5.41, 5.74) is 4.57. The predicted octanol–water partition coefficient (Wildman–Crippen LogP) is 1.18. The lowest BCUT2D eigenvalue weighted by Gasteiger charge is -2.33. The van der Waals surface area contributed by atoms with E-state index in [1.807, 2.05) is 0 Å². The summed E-state index contributed by atoms with van der Waals surface area (Å²) in [5, 5.41) is 3.35. The van der Waals surface area contributed by atoms with Gasteiger partial charge in [0.1, 0.15) is 12.3 Å². The largest absolute Gasteiger partial charge is 0.477 e. The Labute approximate surface area is 139 Å². The third-order valence-electron chi connectivity index (χ3n) is 3.62. The highest BCUT2D eigenvalue weighted by Gasteiger charge is 2.35. The average Bonchev–Trinajstić information content (AvgIpc) is 3.02. The number of hydrogen-bond donors (Lipinski definition) is 1. The van der Waals surface area contributed by atoms with Gasteiger partial charge in [0.2, 0.25) is 5.91 Å². The molecule has 2 aromatic rings. The lowest BCUT2D eigenvalue weighted by molar-refractivity contribution is -0.141. The van der Waals surface area contributed by atoms with E-state index in [1.165, 1.54) is 4.90 Å². The van der Waals surface area contributed by atoms with Crippen molar-refractivity contribution in [2.75, 3.05) is 11.4 Å². The van der Waals surface area contributed by atoms with E-state index in [-0.39, 0.29) is 6.54 Å². The van der Waals surface area contributed by atoms with Gasteiger partial charge in [0.25, 0.3) is 5.91 Å². The number of carbonyl (C=O) groups excluding carboxylic acids is 2. The van der Waals surface area contributed by atoms with Crippen LogP contribution in [0.3, 0.4) is 0 Å². The third kappa shape index (κ3) is 3.42. The molecule has 132 valence electrons. The van der Waals surface area contributed by atoms with Crippen molar-refractivity contribution in [3.8, 4) is 5.75 Å². The van der Waals surface area contributed by atoms with Crippen molar-refractivity contribution in [1.29, 1.82) is 0 Å². The number of primary amides is 1. The fraction of sp³-hybridized carbons (Fsp3) is 0.267. The van der Waals surface area contributed by atoms with Gasteiger partial charge in [-0.3, -0.25) is 14.3 Å². The molecule has 2 heterocycles. The highest BCUT2D eigenvalue weighted by molar-refractivity contribution is 5.97. The highest BCUT2D eigenvalue weighted by atomic mass is 19.4. The standard InChI is InChI=1S/C15H13F3N4O3/c16-15(17,18)12-5-6-21(20-12)8-13(23)22-7-11(14(19)24)25-10-4-2-1-3-9(10)22/h1-6,11H,7-8H2,(H2,19,24). The number of nitrogens with two attached hydrogens (primary N) is 1. The highest BCUT2D eigenvalue weighted by Crippen LogP contribution is 2.33. The Bertz CT molecular complexity index is 818. The van der Waals surface area contributed by atoms with Crippen molar-refractivity contribution >= 4 is 17.5 Å². The molecule has 2 amide bonds. The molecular formula is C15H13F3N4O3. The smallest absolute Gasteiger partial charge is 0.435 e. The Balaban J connectivity index is 1.83. The van der Waals surface area contributed by atoms with Gasteiger partial charge in [-0.15, -0.1) is 0 Å². The number of fused-ring (bicyclic) bond motifs is 1. The molecule has 7 nitrogen and oxygen atoms in total. The van der Waals surface area contributed by atoms with E-state index in [1.54, 1.807) is 24.3 Å². The number of anilines is 1. The molecule has 1 aromatic carbocycles. The Kier molecular flexibility index (Phi) is 4.11. The first-order valence-corrected chi connectivity index (χ1v) is 7.22. The van der Waals surface area contributed by atoms with Crippen molar-refractivity contribution in [3.63, 3.8) is 0 Å². The monoisotopic (exact) mass is 354 g/mol. The van der Waals surface area contributed by atoms with Gasteiger partial charge in [0.15, 0.2) is 11.8 Å². The summed E-state index contributed by atoms with van der Waals surface area (Å²) in [6.45, 7) is -0.547. The zero-order valence-corrected chi connectivity index (χ0v) is 12.7. The molecule has 0 saturated carbocycles. The van der Waals surface area contributed by atoms with Crippen LogP contribution in [-0.2, 0) is 22.3 Å². The number of benzene rings is 1. The summed E-state index contributed by atoms with van der Waals surface area (Å²) < 4.78 is 44.1. The second-order valence-corrected chi connectivity index (χ2v) is 5.38. The molecule has 10 heteroatoms. The number of aromatic nitrogens is 2. The minimum Gasteiger partial charge on any atom is -0.477 e. The van der Waals surface area contributed by atoms with E-state index in [0.29, 0.717) is 11.4 Å². The van der Waals surface area contributed by atoms with E-state index in [2.05, 4.69) is 5.10 Å². The van der Waals surface area contributed by atoms with Crippen LogP contribution < -0.4 is 15.4 Å². The van der Waals surface area contributed by atoms with Gasteiger partial charge in [-0.05, 0) is 18.2 Å². The molecule has 1 aliphatic heterocycles. The lowest BCUT2D eigenvalue weighted by atomic mass is 10.1. The van der Waals surface area contributed by atoms with Crippen LogP contribution in [-0.4, -0.2) is 34.2 Å². The zero-order chi connectivity index (χ0) is 18.2. The maximum Gasteiger partial charge on any atom is 0.435 e. The normalized spacial score (nSPS) is 16.9. The lowest BCUT2D eigenvalue weighted by Crippen LogP contribution is -2.50. The number of ether oxygens (including phenoxy) is 1. The molecule has 1 aromatic heterocycles. The van der Waals surface area contributed by atoms with E-state index in [4.69, 9.17) is 10.5 Å². The summed E-state index contributed by atoms with van der Waals surface area (Å²) in [7, 11) is 0. The first-order valence-electron chi connectivity index (χ1n) is 7.22. The Morgan fingerprint density at radius 2 is 2.00 bits per heavy atom. The maximum atomic E-state index is 12.6. The second-order valence-electron chi connectivity index (χ2n) is 5.38. The van der Waals surface area contributed by atoms with Gasteiger partial charge in [-0.2, -0.15) is 18.3 Å². The topological polar surface area (TPSA) is 90.5 Å². The summed E-state index contributed by atoms with van der Waals surface area (Å²) in [5.74, 6) is -0.994. The molecule has 2 N–H and O–H groups in total. The van der Waals surface area contributed by atoms with Crippen molar-refractivity contribution in [2.45, 2.75) is 18.8 Å². The van der Waals surface area contributed by atoms with Crippen LogP contribution in [0.25, 0.3) is 0 Å². The van der Waals surface area contributed by atoms with Crippen molar-refractivity contribution in [1.82, 2.24) is 9.78 Å². The second kappa shape index (κ2) is 6.11. The summed E-state index contributed by atoms with van der Waals surface area (Å²) >= 11 is 0. The summed E-state index contributed by atoms with van der Waals surface area (Å²) in [6.07, 6.45) is -4.56. The molecule has 1 atom stereocenters. The first-order chi connectivity index (χ1) is 11.8. The quantitative estimate of drug-likeness (QED) is 0.896. The van der Waals surface area contributed by atoms with Gasteiger partial charge in [-0.25, -0.2) is 0 Å². The van der Waals surface area contributed by atoms with Gasteiger partial charge in [-0.1, -0.05) is 12.1 Å². The molecule has 25 heavy (non-hydrogen) atoms. The van der Waals surface area contributed by atoms with Crippen LogP contribution >= 0.6 is 0 Å². The van der Waals surface area contributed by atoms with Gasteiger partial charge in [0, 0.05) is 6.20 Å². The van der Waals surface area contributed by atoms with Gasteiger partial charge >= 0.3 is 6.18 Å². The molecule has 3 rings (SSSR count). The van der Waals surface area contributed by atoms with Gasteiger partial charge < -0.3 is 15.4 Å². The first kappa shape index (κ1) is 16.8. The fourth-order valence-electron chi connectivity index (χ4n) is 2.44. The predicted molar refractivity (Wildman–Crippen MR) is 79.6 cm³/mol. The van der Waals surface area contributed by atoms with E-state index in [0.717, 1.165) is 16.9 Å². The van der Waals surface area contributed by atoms with Crippen LogP contribution in [0.15, 0.2) is 36.5 Å². The number of halogens is 3. The van der Waals surface area contributed by atoms with Gasteiger partial charge in [0.05, 0.1) is 12.2 Å². The number of amides is 2. The Hall–Kier alpha value is -3.04. The fourth-order valence-corrected chi connectivity index (χ4v) is 2.44. The van der Waals surface area contributed by atoms with Crippen LogP contribution in [0.4, 0.5) is 18.9 Å². The Morgan fingerprint density at radius 1 is 1.28 bits per heavy atom. The van der Waals surface area contributed by atoms with Crippen LogP contribution in [0.2, 0.25) is 0 Å². The van der Waals surface area contributed by atoms with E-state index in [9.17, 15) is 22.8 Å². The molecule has 0 aliphatic carbocycles. The number of carbonyl (C=O) groups is 2. The average molecular weight is 354 g/mol. The summed E-state index contributed by atoms with van der Waals surface area (Å²) in [6, 6.07) is 7.29. The van der Waals surface area contributed by atoms with Crippen LogP contribution in [0.5, 0.6) is 5.75 Å². The van der Waals surface area contributed by atoms with Crippen molar-refractivity contribution in [2.24, 2.45) is 5.73 Å². The number of rotatable bonds is 3. The minimum atomic E-state index is -4.59. The molecule has 0 spiro atoms. The number of para-hydroxylation sites is 2. The molecule has 0 saturated heterocycles. The molecule has 1 unspecified atom stereocenters. The van der Waals surface area contributed by atoms with Crippen molar-refractivity contribution in [3.05, 3.63) is 42.2 Å². The number of alkyl halides is 3. The summed E-state index contributed by atoms with van der Waals surface area (Å²) in [4.78, 5) is 25.2. The zero-order valence-electron chi connectivity index (χ0n) is 12.7. The Morgan fingerprint density at radius 3 is 2.64 bits per heavy atom. The minimum absolute atomic E-state index is 0.126. The third-order valence-corrected chi connectivity index (χ3v) is 3.62. The van der Waals surface area contributed by atoms with Crippen molar-refractivity contribution < 1.29 is 27.5 Å². The number of nitrogens with zero attached hydrogens (tertiary/aromatic N) is 3. The molecule has 0 fully saturated rings. The SMILES string of the molecule is NC(=O)C1CN(C(=O)Cn2ccc(C(F)(F)F)n2)c2ccccc2O1. The molecule has 0 radical (unpaired) electrons. The number of hydrogen-bond acceptors (Lipinski definition) is 4. The molecule has 1 aliphatic rings. The molecular weight excluding hydrogens is 341 g/mol. The maximum absolute atomic E-state index is 12.6. The van der Waals surface area contributed by atoms with E-state index < -0.39 is 36.3 Å². The van der Waals surface area contributed by atoms with Crippen LogP contribution in [0.1, 0.15) is 5.69 Å². The molecule has 0 bridgehead atoms. The van der Waals surface area contributed by atoms with E-state index >= 15 is 0 Å².